The standard InChI is InChI=1S/C16H25NO/c1-5-9-17-14-11-15(16(14,3)4)18-13-8-6-7-12(2)10-13/h6-8,10,14-15,17H,5,9,11H2,1-4H3. The third kappa shape index (κ3) is 2.69. The first-order valence-electron chi connectivity index (χ1n) is 7.00. The first-order chi connectivity index (χ1) is 8.54. The molecule has 2 nitrogen and oxygen atoms in total. The molecule has 1 aliphatic rings. The van der Waals surface area contributed by atoms with Gasteiger partial charge in [0.05, 0.1) is 0 Å². The van der Waals surface area contributed by atoms with E-state index in [-0.39, 0.29) is 5.41 Å². The lowest BCUT2D eigenvalue weighted by molar-refractivity contribution is -0.0546. The molecule has 1 aromatic rings. The Morgan fingerprint density at radius 3 is 2.78 bits per heavy atom. The molecule has 0 amide bonds. The second kappa shape index (κ2) is 5.31. The van der Waals surface area contributed by atoms with Crippen molar-refractivity contribution in [1.82, 2.24) is 5.32 Å². The molecule has 0 radical (unpaired) electrons. The summed E-state index contributed by atoms with van der Waals surface area (Å²) in [6, 6.07) is 8.92. The molecule has 1 aliphatic carbocycles. The topological polar surface area (TPSA) is 21.3 Å². The summed E-state index contributed by atoms with van der Waals surface area (Å²) in [5, 5.41) is 3.61. The molecule has 0 heterocycles. The molecule has 1 aromatic carbocycles. The maximum absolute atomic E-state index is 6.12. The minimum Gasteiger partial charge on any atom is -0.490 e. The fourth-order valence-electron chi connectivity index (χ4n) is 2.60. The lowest BCUT2D eigenvalue weighted by Gasteiger charge is -2.51. The van der Waals surface area contributed by atoms with E-state index < -0.39 is 0 Å². The fraction of sp³-hybridized carbons (Fsp3) is 0.625. The summed E-state index contributed by atoms with van der Waals surface area (Å²) in [4.78, 5) is 0. The average molecular weight is 247 g/mol. The minimum absolute atomic E-state index is 0.221. The number of hydrogen-bond acceptors (Lipinski definition) is 2. The smallest absolute Gasteiger partial charge is 0.120 e. The van der Waals surface area contributed by atoms with Crippen molar-refractivity contribution in [2.75, 3.05) is 6.54 Å². The van der Waals surface area contributed by atoms with Gasteiger partial charge in [0, 0.05) is 17.9 Å². The van der Waals surface area contributed by atoms with Crippen LogP contribution in [0.2, 0.25) is 0 Å². The quantitative estimate of drug-likeness (QED) is 0.859. The maximum Gasteiger partial charge on any atom is 0.120 e. The summed E-state index contributed by atoms with van der Waals surface area (Å²) in [6.07, 6.45) is 2.63. The Bertz CT molecular complexity index is 400. The lowest BCUT2D eigenvalue weighted by atomic mass is 9.64. The molecule has 2 rings (SSSR count). The number of aryl methyl sites for hydroxylation is 1. The highest BCUT2D eigenvalue weighted by molar-refractivity contribution is 5.28. The summed E-state index contributed by atoms with van der Waals surface area (Å²) in [5.74, 6) is 1.00. The number of ether oxygens (including phenoxy) is 1. The zero-order valence-electron chi connectivity index (χ0n) is 12.0. The van der Waals surface area contributed by atoms with E-state index in [4.69, 9.17) is 4.74 Å². The SMILES string of the molecule is CCCNC1CC(Oc2cccc(C)c2)C1(C)C. The van der Waals surface area contributed by atoms with E-state index in [1.807, 2.05) is 0 Å². The fourth-order valence-corrected chi connectivity index (χ4v) is 2.60. The second-order valence-corrected chi connectivity index (χ2v) is 5.99. The number of nitrogens with one attached hydrogen (secondary N) is 1. The van der Waals surface area contributed by atoms with Crippen LogP contribution in [0.3, 0.4) is 0 Å². The van der Waals surface area contributed by atoms with Crippen LogP contribution >= 0.6 is 0 Å². The normalized spacial score (nSPS) is 25.6. The molecule has 2 unspecified atom stereocenters. The summed E-state index contributed by atoms with van der Waals surface area (Å²) in [5.41, 5.74) is 1.48. The van der Waals surface area contributed by atoms with Crippen LogP contribution in [-0.2, 0) is 0 Å². The first-order valence-corrected chi connectivity index (χ1v) is 7.00. The van der Waals surface area contributed by atoms with E-state index in [0.717, 1.165) is 18.7 Å². The third-order valence-corrected chi connectivity index (χ3v) is 4.09. The van der Waals surface area contributed by atoms with Crippen LogP contribution in [0.4, 0.5) is 0 Å². The molecule has 100 valence electrons. The summed E-state index contributed by atoms with van der Waals surface area (Å²) in [7, 11) is 0. The van der Waals surface area contributed by atoms with Crippen LogP contribution in [0.5, 0.6) is 5.75 Å². The Hall–Kier alpha value is -1.02. The zero-order valence-corrected chi connectivity index (χ0v) is 12.0. The van der Waals surface area contributed by atoms with Crippen molar-refractivity contribution in [3.05, 3.63) is 29.8 Å². The van der Waals surface area contributed by atoms with Gasteiger partial charge >= 0.3 is 0 Å². The average Bonchev–Trinajstić information content (AvgIpc) is 2.33. The Kier molecular flexibility index (Phi) is 3.96. The van der Waals surface area contributed by atoms with Crippen molar-refractivity contribution in [3.8, 4) is 5.75 Å². The highest BCUT2D eigenvalue weighted by Crippen LogP contribution is 2.43. The largest absolute Gasteiger partial charge is 0.490 e. The van der Waals surface area contributed by atoms with E-state index in [9.17, 15) is 0 Å². The van der Waals surface area contributed by atoms with Gasteiger partial charge < -0.3 is 10.1 Å². The first kappa shape index (κ1) is 13.4. The van der Waals surface area contributed by atoms with E-state index in [0.29, 0.717) is 12.1 Å². The van der Waals surface area contributed by atoms with Crippen LogP contribution in [-0.4, -0.2) is 18.7 Å². The van der Waals surface area contributed by atoms with Crippen molar-refractivity contribution in [3.63, 3.8) is 0 Å². The lowest BCUT2D eigenvalue weighted by Crippen LogP contribution is -2.62. The Morgan fingerprint density at radius 1 is 1.39 bits per heavy atom. The van der Waals surface area contributed by atoms with Crippen LogP contribution in [0.25, 0.3) is 0 Å². The molecule has 1 N–H and O–H groups in total. The molecule has 0 bridgehead atoms. The Morgan fingerprint density at radius 2 is 2.17 bits per heavy atom. The molecular formula is C16H25NO. The molecule has 1 saturated carbocycles. The van der Waals surface area contributed by atoms with E-state index in [1.165, 1.54) is 12.0 Å². The second-order valence-electron chi connectivity index (χ2n) is 5.99. The van der Waals surface area contributed by atoms with Crippen molar-refractivity contribution >= 4 is 0 Å². The Labute approximate surface area is 111 Å². The van der Waals surface area contributed by atoms with Gasteiger partial charge in [-0.05, 0) is 37.6 Å². The van der Waals surface area contributed by atoms with Crippen LogP contribution in [0, 0.1) is 12.3 Å². The summed E-state index contributed by atoms with van der Waals surface area (Å²) < 4.78 is 6.12. The summed E-state index contributed by atoms with van der Waals surface area (Å²) in [6.45, 7) is 10.0. The van der Waals surface area contributed by atoms with Gasteiger partial charge in [-0.3, -0.25) is 0 Å². The van der Waals surface area contributed by atoms with Crippen LogP contribution in [0.1, 0.15) is 39.2 Å². The van der Waals surface area contributed by atoms with Gasteiger partial charge in [-0.2, -0.15) is 0 Å². The van der Waals surface area contributed by atoms with E-state index in [1.54, 1.807) is 0 Å². The predicted octanol–water partition coefficient (Wildman–Crippen LogP) is 3.54. The zero-order chi connectivity index (χ0) is 13.2. The van der Waals surface area contributed by atoms with Crippen LogP contribution in [0.15, 0.2) is 24.3 Å². The van der Waals surface area contributed by atoms with Gasteiger partial charge in [-0.1, -0.05) is 32.9 Å². The molecular weight excluding hydrogens is 222 g/mol. The van der Waals surface area contributed by atoms with Gasteiger partial charge in [0.25, 0.3) is 0 Å². The maximum atomic E-state index is 6.12. The van der Waals surface area contributed by atoms with Gasteiger partial charge in [-0.15, -0.1) is 0 Å². The van der Waals surface area contributed by atoms with Crippen molar-refractivity contribution in [2.24, 2.45) is 5.41 Å². The monoisotopic (exact) mass is 247 g/mol. The molecule has 0 saturated heterocycles. The number of hydrogen-bond donors (Lipinski definition) is 1. The van der Waals surface area contributed by atoms with E-state index in [2.05, 4.69) is 57.3 Å². The van der Waals surface area contributed by atoms with Crippen LogP contribution < -0.4 is 10.1 Å². The van der Waals surface area contributed by atoms with Crippen molar-refractivity contribution in [1.29, 1.82) is 0 Å². The molecule has 2 heteroatoms. The van der Waals surface area contributed by atoms with Gasteiger partial charge in [-0.25, -0.2) is 0 Å². The minimum atomic E-state index is 0.221. The Balaban J connectivity index is 1.93. The number of rotatable bonds is 5. The van der Waals surface area contributed by atoms with Gasteiger partial charge in [0.1, 0.15) is 11.9 Å². The molecule has 0 aliphatic heterocycles. The van der Waals surface area contributed by atoms with Crippen molar-refractivity contribution in [2.45, 2.75) is 52.7 Å². The molecule has 18 heavy (non-hydrogen) atoms. The van der Waals surface area contributed by atoms with Gasteiger partial charge in [0.2, 0.25) is 0 Å². The molecule has 0 aromatic heterocycles. The highest BCUT2D eigenvalue weighted by Gasteiger charge is 2.49. The third-order valence-electron chi connectivity index (χ3n) is 4.09. The molecule has 1 fully saturated rings. The van der Waals surface area contributed by atoms with Crippen molar-refractivity contribution < 1.29 is 4.74 Å². The highest BCUT2D eigenvalue weighted by atomic mass is 16.5. The number of benzene rings is 1. The summed E-state index contributed by atoms with van der Waals surface area (Å²) >= 11 is 0. The van der Waals surface area contributed by atoms with Gasteiger partial charge in [0.15, 0.2) is 0 Å². The molecule has 0 spiro atoms. The predicted molar refractivity (Wildman–Crippen MR) is 76.1 cm³/mol. The molecule has 2 atom stereocenters. The van der Waals surface area contributed by atoms with E-state index >= 15 is 0 Å².